The lowest BCUT2D eigenvalue weighted by molar-refractivity contribution is 0.0704. The van der Waals surface area contributed by atoms with Crippen LogP contribution >= 0.6 is 11.6 Å². The normalized spacial score (nSPS) is 11.2. The zero-order valence-electron chi connectivity index (χ0n) is 14.4. The molecule has 2 heterocycles. The summed E-state index contributed by atoms with van der Waals surface area (Å²) >= 11 is 5.96. The monoisotopic (exact) mass is 389 g/mol. The molecular formula is C22H12ClNO4. The van der Waals surface area contributed by atoms with Crippen molar-refractivity contribution >= 4 is 39.5 Å². The summed E-state index contributed by atoms with van der Waals surface area (Å²) in [6, 6.07) is 21.6. The molecule has 5 nitrogen and oxygen atoms in total. The molecule has 3 aromatic carbocycles. The van der Waals surface area contributed by atoms with Gasteiger partial charge in [-0.2, -0.15) is 0 Å². The van der Waals surface area contributed by atoms with E-state index in [0.29, 0.717) is 21.9 Å². The number of aromatic nitrogens is 1. The molecule has 136 valence electrons. The first-order valence-corrected chi connectivity index (χ1v) is 8.91. The van der Waals surface area contributed by atoms with Crippen molar-refractivity contribution in [1.82, 2.24) is 5.16 Å². The van der Waals surface area contributed by atoms with E-state index in [2.05, 4.69) is 5.16 Å². The van der Waals surface area contributed by atoms with E-state index in [-0.39, 0.29) is 5.76 Å². The Bertz CT molecular complexity index is 1320. The number of halogens is 1. The molecular weight excluding hydrogens is 378 g/mol. The van der Waals surface area contributed by atoms with Crippen LogP contribution in [0.25, 0.3) is 33.2 Å². The standard InChI is InChI=1S/C22H12ClNO4/c23-15-6-9-18-14(10-15)11-20(27-18)22(25)26-16-7-8-17-19(12-16)28-24-21(17)13-4-2-1-3-5-13/h1-12H. The molecule has 5 rings (SSSR count). The van der Waals surface area contributed by atoms with Crippen LogP contribution in [0.3, 0.4) is 0 Å². The van der Waals surface area contributed by atoms with Gasteiger partial charge in [-0.25, -0.2) is 4.79 Å². The van der Waals surface area contributed by atoms with Gasteiger partial charge >= 0.3 is 5.97 Å². The van der Waals surface area contributed by atoms with Crippen LogP contribution in [-0.2, 0) is 0 Å². The van der Waals surface area contributed by atoms with E-state index in [1.807, 2.05) is 36.4 Å². The fraction of sp³-hybridized carbons (Fsp3) is 0. The number of carbonyl (C=O) groups excluding carboxylic acids is 1. The molecule has 0 saturated heterocycles. The molecule has 0 aliphatic rings. The third-order valence-electron chi connectivity index (χ3n) is 4.38. The fourth-order valence-corrected chi connectivity index (χ4v) is 3.24. The molecule has 0 unspecified atom stereocenters. The quantitative estimate of drug-likeness (QED) is 0.275. The number of carbonyl (C=O) groups is 1. The van der Waals surface area contributed by atoms with Crippen LogP contribution in [0, 0.1) is 0 Å². The van der Waals surface area contributed by atoms with Crippen molar-refractivity contribution in [2.75, 3.05) is 0 Å². The van der Waals surface area contributed by atoms with Gasteiger partial charge in [-0.05, 0) is 36.4 Å². The molecule has 0 fully saturated rings. The summed E-state index contributed by atoms with van der Waals surface area (Å²) in [5, 5.41) is 6.27. The largest absolute Gasteiger partial charge is 0.449 e. The third kappa shape index (κ3) is 2.92. The molecule has 0 atom stereocenters. The second-order valence-electron chi connectivity index (χ2n) is 6.24. The molecule has 0 aliphatic carbocycles. The summed E-state index contributed by atoms with van der Waals surface area (Å²) < 4.78 is 16.4. The maximum atomic E-state index is 12.4. The van der Waals surface area contributed by atoms with Crippen LogP contribution in [-0.4, -0.2) is 11.1 Å². The highest BCUT2D eigenvalue weighted by atomic mass is 35.5. The highest BCUT2D eigenvalue weighted by Crippen LogP contribution is 2.31. The van der Waals surface area contributed by atoms with Crippen LogP contribution in [0.4, 0.5) is 0 Å². The van der Waals surface area contributed by atoms with Crippen LogP contribution in [0.5, 0.6) is 5.75 Å². The average Bonchev–Trinajstić information content (AvgIpc) is 3.32. The molecule has 0 saturated carbocycles. The van der Waals surface area contributed by atoms with Crippen molar-refractivity contribution < 1.29 is 18.5 Å². The van der Waals surface area contributed by atoms with Crippen LogP contribution < -0.4 is 4.74 Å². The minimum Gasteiger partial charge on any atom is -0.449 e. The predicted octanol–water partition coefficient (Wildman–Crippen LogP) is 6.11. The Kier molecular flexibility index (Phi) is 3.88. The molecule has 0 spiro atoms. The zero-order chi connectivity index (χ0) is 19.1. The Morgan fingerprint density at radius 3 is 2.64 bits per heavy atom. The summed E-state index contributed by atoms with van der Waals surface area (Å²) in [6.45, 7) is 0. The number of ether oxygens (including phenoxy) is 1. The topological polar surface area (TPSA) is 65.5 Å². The van der Waals surface area contributed by atoms with Crippen molar-refractivity contribution in [3.05, 3.63) is 83.6 Å². The first-order chi connectivity index (χ1) is 13.7. The highest BCUT2D eigenvalue weighted by molar-refractivity contribution is 6.31. The predicted molar refractivity (Wildman–Crippen MR) is 106 cm³/mol. The van der Waals surface area contributed by atoms with Crippen molar-refractivity contribution in [1.29, 1.82) is 0 Å². The number of esters is 1. The Morgan fingerprint density at radius 1 is 0.929 bits per heavy atom. The number of nitrogens with zero attached hydrogens (tertiary/aromatic N) is 1. The third-order valence-corrected chi connectivity index (χ3v) is 4.62. The number of benzene rings is 3. The number of hydrogen-bond donors (Lipinski definition) is 0. The molecule has 2 aromatic heterocycles. The van der Waals surface area contributed by atoms with E-state index in [1.54, 1.807) is 36.4 Å². The van der Waals surface area contributed by atoms with Gasteiger partial charge in [0.05, 0.1) is 0 Å². The second kappa shape index (κ2) is 6.55. The molecule has 0 aliphatic heterocycles. The Hall–Kier alpha value is -3.57. The number of fused-ring (bicyclic) bond motifs is 2. The molecule has 0 amide bonds. The second-order valence-corrected chi connectivity index (χ2v) is 6.67. The lowest BCUT2D eigenvalue weighted by Gasteiger charge is -2.02. The van der Waals surface area contributed by atoms with Gasteiger partial charge in [-0.15, -0.1) is 0 Å². The first kappa shape index (κ1) is 16.6. The minimum absolute atomic E-state index is 0.0971. The van der Waals surface area contributed by atoms with Crippen LogP contribution in [0.15, 0.2) is 81.7 Å². The van der Waals surface area contributed by atoms with Gasteiger partial charge < -0.3 is 13.7 Å². The van der Waals surface area contributed by atoms with Crippen LogP contribution in [0.1, 0.15) is 10.6 Å². The summed E-state index contributed by atoms with van der Waals surface area (Å²) in [7, 11) is 0. The van der Waals surface area contributed by atoms with E-state index >= 15 is 0 Å². The van der Waals surface area contributed by atoms with Gasteiger partial charge in [0.2, 0.25) is 5.76 Å². The van der Waals surface area contributed by atoms with E-state index in [0.717, 1.165) is 22.0 Å². The molecule has 6 heteroatoms. The SMILES string of the molecule is O=C(Oc1ccc2c(-c3ccccc3)noc2c1)c1cc2cc(Cl)ccc2o1. The van der Waals surface area contributed by atoms with E-state index in [4.69, 9.17) is 25.3 Å². The Labute approximate surface area is 164 Å². The molecule has 0 radical (unpaired) electrons. The van der Waals surface area contributed by atoms with Crippen molar-refractivity contribution in [2.45, 2.75) is 0 Å². The molecule has 5 aromatic rings. The average molecular weight is 390 g/mol. The van der Waals surface area contributed by atoms with Crippen molar-refractivity contribution in [3.8, 4) is 17.0 Å². The number of hydrogen-bond acceptors (Lipinski definition) is 5. The maximum Gasteiger partial charge on any atom is 0.379 e. The minimum atomic E-state index is -0.602. The molecule has 0 bridgehead atoms. The lowest BCUT2D eigenvalue weighted by Crippen LogP contribution is -2.06. The van der Waals surface area contributed by atoms with E-state index < -0.39 is 5.97 Å². The first-order valence-electron chi connectivity index (χ1n) is 8.53. The summed E-state index contributed by atoms with van der Waals surface area (Å²) in [4.78, 5) is 12.4. The van der Waals surface area contributed by atoms with E-state index in [9.17, 15) is 4.79 Å². The maximum absolute atomic E-state index is 12.4. The Morgan fingerprint density at radius 2 is 1.79 bits per heavy atom. The van der Waals surface area contributed by atoms with E-state index in [1.165, 1.54) is 0 Å². The van der Waals surface area contributed by atoms with Gasteiger partial charge in [0.15, 0.2) is 5.58 Å². The lowest BCUT2D eigenvalue weighted by atomic mass is 10.1. The Balaban J connectivity index is 1.44. The van der Waals surface area contributed by atoms with Crippen molar-refractivity contribution in [2.24, 2.45) is 0 Å². The summed E-state index contributed by atoms with van der Waals surface area (Å²) in [5.41, 5.74) is 2.78. The zero-order valence-corrected chi connectivity index (χ0v) is 15.1. The van der Waals surface area contributed by atoms with Gasteiger partial charge in [0, 0.05) is 27.4 Å². The highest BCUT2D eigenvalue weighted by Gasteiger charge is 2.17. The molecule has 0 N–H and O–H groups in total. The molecule has 28 heavy (non-hydrogen) atoms. The number of furan rings is 1. The van der Waals surface area contributed by atoms with Crippen molar-refractivity contribution in [3.63, 3.8) is 0 Å². The summed E-state index contributed by atoms with van der Waals surface area (Å²) in [5.74, 6) is -0.166. The smallest absolute Gasteiger partial charge is 0.379 e. The van der Waals surface area contributed by atoms with Gasteiger partial charge in [0.25, 0.3) is 0 Å². The van der Waals surface area contributed by atoms with Gasteiger partial charge in [0.1, 0.15) is 17.0 Å². The van der Waals surface area contributed by atoms with Gasteiger partial charge in [-0.3, -0.25) is 0 Å². The van der Waals surface area contributed by atoms with Gasteiger partial charge in [-0.1, -0.05) is 47.1 Å². The van der Waals surface area contributed by atoms with Crippen LogP contribution in [0.2, 0.25) is 5.02 Å². The number of rotatable bonds is 3. The summed E-state index contributed by atoms with van der Waals surface area (Å²) in [6.07, 6.45) is 0. The fourth-order valence-electron chi connectivity index (χ4n) is 3.06.